The normalized spacial score (nSPS) is 12.0. The number of rotatable bonds is 4. The Morgan fingerprint density at radius 2 is 1.95 bits per heavy atom. The number of nitrogens with zero attached hydrogens (tertiary/aromatic N) is 2. The second-order valence-electron chi connectivity index (χ2n) is 3.98. The first-order valence-electron chi connectivity index (χ1n) is 5.79. The smallest absolute Gasteiger partial charge is 0.203 e. The van der Waals surface area contributed by atoms with Crippen molar-refractivity contribution in [3.63, 3.8) is 0 Å². The fourth-order valence-electron chi connectivity index (χ4n) is 1.61. The number of ketones is 1. The lowest BCUT2D eigenvalue weighted by atomic mass is 10.2. The van der Waals surface area contributed by atoms with E-state index in [1.54, 1.807) is 31.5 Å². The van der Waals surface area contributed by atoms with Gasteiger partial charge in [0.25, 0.3) is 0 Å². The van der Waals surface area contributed by atoms with Crippen molar-refractivity contribution in [3.8, 4) is 0 Å². The zero-order valence-electron chi connectivity index (χ0n) is 10.5. The van der Waals surface area contributed by atoms with Crippen LogP contribution in [0.2, 0.25) is 0 Å². The van der Waals surface area contributed by atoms with Gasteiger partial charge in [-0.3, -0.25) is 9.48 Å². The summed E-state index contributed by atoms with van der Waals surface area (Å²) >= 11 is 6.06. The predicted octanol–water partition coefficient (Wildman–Crippen LogP) is 3.44. The van der Waals surface area contributed by atoms with Crippen molar-refractivity contribution < 1.29 is 4.79 Å². The van der Waals surface area contributed by atoms with Gasteiger partial charge in [0.15, 0.2) is 0 Å². The molecule has 0 saturated heterocycles. The van der Waals surface area contributed by atoms with E-state index in [0.29, 0.717) is 10.7 Å². The predicted molar refractivity (Wildman–Crippen MR) is 77.0 cm³/mol. The molecular formula is C15H13ClN2O. The van der Waals surface area contributed by atoms with Crippen LogP contribution in [0.15, 0.2) is 59.8 Å². The Kier molecular flexibility index (Phi) is 4.31. The molecule has 0 saturated carbocycles. The zero-order chi connectivity index (χ0) is 13.7. The Labute approximate surface area is 116 Å². The number of carbonyl (C=O) groups is 1. The fraction of sp³-hybridized carbons (Fsp3) is 0.0667. The zero-order valence-corrected chi connectivity index (χ0v) is 11.2. The van der Waals surface area contributed by atoms with Gasteiger partial charge in [-0.15, -0.1) is 0 Å². The minimum atomic E-state index is -0.125. The molecule has 1 aromatic carbocycles. The van der Waals surface area contributed by atoms with Gasteiger partial charge in [-0.1, -0.05) is 41.9 Å². The number of hydrogen-bond acceptors (Lipinski definition) is 2. The van der Waals surface area contributed by atoms with E-state index in [1.807, 2.05) is 30.3 Å². The number of benzene rings is 1. The molecule has 1 heterocycles. The molecule has 0 atom stereocenters. The monoisotopic (exact) mass is 272 g/mol. The van der Waals surface area contributed by atoms with Crippen LogP contribution in [0, 0.1) is 0 Å². The molecule has 96 valence electrons. The number of halogens is 1. The highest BCUT2D eigenvalue weighted by atomic mass is 35.5. The van der Waals surface area contributed by atoms with Crippen molar-refractivity contribution in [1.82, 2.24) is 9.78 Å². The number of allylic oxidation sites excluding steroid dienone is 3. The summed E-state index contributed by atoms with van der Waals surface area (Å²) in [6.45, 7) is 0. The van der Waals surface area contributed by atoms with E-state index >= 15 is 0 Å². The molecule has 0 fully saturated rings. The molecule has 0 aliphatic carbocycles. The molecule has 0 N–H and O–H groups in total. The van der Waals surface area contributed by atoms with E-state index in [9.17, 15) is 4.79 Å². The molecule has 19 heavy (non-hydrogen) atoms. The van der Waals surface area contributed by atoms with Crippen LogP contribution < -0.4 is 0 Å². The van der Waals surface area contributed by atoms with Crippen LogP contribution in [0.25, 0.3) is 6.08 Å². The standard InChI is InChI=1S/C15H13ClN2O/c1-18-14(9-10-17-18)15(19)8-7-13(16)11-12-5-3-2-4-6-12/h2-11H,1H3/b8-7+,13-11-. The summed E-state index contributed by atoms with van der Waals surface area (Å²) in [4.78, 5) is 11.9. The number of carbonyl (C=O) groups excluding carboxylic acids is 1. The van der Waals surface area contributed by atoms with Crippen LogP contribution in [0.3, 0.4) is 0 Å². The minimum Gasteiger partial charge on any atom is -0.288 e. The first-order valence-corrected chi connectivity index (χ1v) is 6.17. The number of hydrogen-bond donors (Lipinski definition) is 0. The van der Waals surface area contributed by atoms with Crippen molar-refractivity contribution >= 4 is 23.5 Å². The molecule has 0 aliphatic heterocycles. The fourth-order valence-corrected chi connectivity index (χ4v) is 1.80. The molecule has 0 bridgehead atoms. The summed E-state index contributed by atoms with van der Waals surface area (Å²) in [6.07, 6.45) is 6.42. The van der Waals surface area contributed by atoms with Gasteiger partial charge >= 0.3 is 0 Å². The SMILES string of the molecule is Cn1nccc1C(=O)/C=C/C(Cl)=C/c1ccccc1. The van der Waals surface area contributed by atoms with Crippen LogP contribution >= 0.6 is 11.6 Å². The highest BCUT2D eigenvalue weighted by Gasteiger charge is 2.05. The van der Waals surface area contributed by atoms with E-state index in [2.05, 4.69) is 5.10 Å². The van der Waals surface area contributed by atoms with Gasteiger partial charge in [0.1, 0.15) is 5.69 Å². The van der Waals surface area contributed by atoms with Gasteiger partial charge in [0.05, 0.1) is 0 Å². The third-order valence-electron chi connectivity index (χ3n) is 2.57. The summed E-state index contributed by atoms with van der Waals surface area (Å²) in [6, 6.07) is 11.4. The topological polar surface area (TPSA) is 34.9 Å². The second-order valence-corrected chi connectivity index (χ2v) is 4.41. The lowest BCUT2D eigenvalue weighted by molar-refractivity contribution is 0.103. The van der Waals surface area contributed by atoms with Crippen molar-refractivity contribution in [3.05, 3.63) is 71.0 Å². The second kappa shape index (κ2) is 6.16. The largest absolute Gasteiger partial charge is 0.288 e. The molecule has 3 nitrogen and oxygen atoms in total. The van der Waals surface area contributed by atoms with Gasteiger partial charge < -0.3 is 0 Å². The molecule has 0 unspecified atom stereocenters. The Morgan fingerprint density at radius 1 is 1.21 bits per heavy atom. The Hall–Kier alpha value is -2.13. The van der Waals surface area contributed by atoms with E-state index in [-0.39, 0.29) is 5.78 Å². The van der Waals surface area contributed by atoms with Crippen molar-refractivity contribution in [2.45, 2.75) is 0 Å². The number of aromatic nitrogens is 2. The van der Waals surface area contributed by atoms with Crippen LogP contribution in [0.5, 0.6) is 0 Å². The Morgan fingerprint density at radius 3 is 2.58 bits per heavy atom. The van der Waals surface area contributed by atoms with Gasteiger partial charge in [0.2, 0.25) is 5.78 Å². The van der Waals surface area contributed by atoms with Crippen molar-refractivity contribution in [2.24, 2.45) is 7.05 Å². The van der Waals surface area contributed by atoms with Crippen LogP contribution in [0.4, 0.5) is 0 Å². The average Bonchev–Trinajstić information content (AvgIpc) is 2.83. The quantitative estimate of drug-likeness (QED) is 0.485. The highest BCUT2D eigenvalue weighted by Crippen LogP contribution is 2.12. The molecule has 2 rings (SSSR count). The first kappa shape index (κ1) is 13.3. The molecule has 2 aromatic rings. The summed E-state index contributed by atoms with van der Waals surface area (Å²) in [5, 5.41) is 4.45. The maximum Gasteiger partial charge on any atom is 0.203 e. The molecular weight excluding hydrogens is 260 g/mol. The van der Waals surface area contributed by atoms with Crippen molar-refractivity contribution in [2.75, 3.05) is 0 Å². The highest BCUT2D eigenvalue weighted by molar-refractivity contribution is 6.33. The van der Waals surface area contributed by atoms with Crippen LogP contribution in [0.1, 0.15) is 16.1 Å². The van der Waals surface area contributed by atoms with E-state index < -0.39 is 0 Å². The van der Waals surface area contributed by atoms with Gasteiger partial charge in [-0.2, -0.15) is 5.10 Å². The summed E-state index contributed by atoms with van der Waals surface area (Å²) < 4.78 is 1.53. The lowest BCUT2D eigenvalue weighted by Crippen LogP contribution is -2.03. The van der Waals surface area contributed by atoms with Gasteiger partial charge in [-0.05, 0) is 29.9 Å². The lowest BCUT2D eigenvalue weighted by Gasteiger charge is -1.96. The minimum absolute atomic E-state index is 0.125. The van der Waals surface area contributed by atoms with E-state index in [0.717, 1.165) is 5.56 Å². The van der Waals surface area contributed by atoms with Gasteiger partial charge in [-0.25, -0.2) is 0 Å². The summed E-state index contributed by atoms with van der Waals surface area (Å²) in [5.74, 6) is -0.125. The summed E-state index contributed by atoms with van der Waals surface area (Å²) in [7, 11) is 1.72. The Bertz CT molecular complexity index is 627. The molecule has 1 aromatic heterocycles. The maximum atomic E-state index is 11.9. The maximum absolute atomic E-state index is 11.9. The van der Waals surface area contributed by atoms with Gasteiger partial charge in [0, 0.05) is 18.3 Å². The van der Waals surface area contributed by atoms with E-state index in [1.165, 1.54) is 10.8 Å². The molecule has 0 amide bonds. The van der Waals surface area contributed by atoms with Crippen LogP contribution in [-0.2, 0) is 7.05 Å². The molecule has 0 aliphatic rings. The third kappa shape index (κ3) is 3.66. The molecule has 0 spiro atoms. The molecule has 0 radical (unpaired) electrons. The molecule has 4 heteroatoms. The van der Waals surface area contributed by atoms with Crippen LogP contribution in [-0.4, -0.2) is 15.6 Å². The average molecular weight is 273 g/mol. The first-order chi connectivity index (χ1) is 9.16. The van der Waals surface area contributed by atoms with E-state index in [4.69, 9.17) is 11.6 Å². The Balaban J connectivity index is 2.09. The number of aryl methyl sites for hydroxylation is 1. The summed E-state index contributed by atoms with van der Waals surface area (Å²) in [5.41, 5.74) is 1.52. The third-order valence-corrected chi connectivity index (χ3v) is 2.81. The van der Waals surface area contributed by atoms with Crippen molar-refractivity contribution in [1.29, 1.82) is 0 Å².